The molecule has 0 saturated heterocycles. The van der Waals surface area contributed by atoms with Gasteiger partial charge in [-0.05, 0) is 75.4 Å². The molecule has 1 aliphatic rings. The highest BCUT2D eigenvalue weighted by molar-refractivity contribution is 7.70. The molecule has 1 fully saturated rings. The Morgan fingerprint density at radius 3 is 2.40 bits per heavy atom. The quantitative estimate of drug-likeness (QED) is 0.332. The summed E-state index contributed by atoms with van der Waals surface area (Å²) in [7, 11) is -2.51. The molecule has 0 bridgehead atoms. The van der Waals surface area contributed by atoms with Crippen molar-refractivity contribution in [2.24, 2.45) is 0 Å². The van der Waals surface area contributed by atoms with Gasteiger partial charge in [0.05, 0.1) is 18.0 Å². The molecule has 1 aliphatic carbocycles. The number of carbonyl (C=O) groups excluding carboxylic acids is 1. The second-order valence-corrected chi connectivity index (χ2v) is 12.7. The molecule has 4 N–H and O–H groups in total. The lowest BCUT2D eigenvalue weighted by Crippen LogP contribution is -2.38. The van der Waals surface area contributed by atoms with Crippen LogP contribution < -0.4 is 21.3 Å². The number of anilines is 4. The molecule has 35 heavy (non-hydrogen) atoms. The first-order valence-corrected chi connectivity index (χ1v) is 14.5. The number of hydrogen-bond donors (Lipinski definition) is 4. The molecule has 2 aromatic carbocycles. The number of halogens is 1. The number of aliphatic hydroxyl groups is 1. The largest absolute Gasteiger partial charge is 0.393 e. The normalized spacial score (nSPS) is 18.1. The summed E-state index contributed by atoms with van der Waals surface area (Å²) >= 11 is 6.32. The van der Waals surface area contributed by atoms with Crippen LogP contribution in [0.5, 0.6) is 0 Å². The Balaban J connectivity index is 1.43. The topological polar surface area (TPSA) is 116 Å². The van der Waals surface area contributed by atoms with Gasteiger partial charge in [0, 0.05) is 22.6 Å². The smallest absolute Gasteiger partial charge is 0.251 e. The lowest BCUT2D eigenvalue weighted by Gasteiger charge is -2.26. The predicted octanol–water partition coefficient (Wildman–Crippen LogP) is 4.90. The summed E-state index contributed by atoms with van der Waals surface area (Å²) in [5.41, 5.74) is 1.94. The first kappa shape index (κ1) is 25.2. The summed E-state index contributed by atoms with van der Waals surface area (Å²) in [6.45, 7) is 3.43. The maximum Gasteiger partial charge on any atom is 0.251 e. The first-order valence-electron chi connectivity index (χ1n) is 11.5. The van der Waals surface area contributed by atoms with E-state index in [9.17, 15) is 14.5 Å². The van der Waals surface area contributed by atoms with Crippen LogP contribution in [-0.2, 0) is 4.57 Å². The van der Waals surface area contributed by atoms with Crippen molar-refractivity contribution in [1.82, 2.24) is 15.3 Å². The third-order valence-electron chi connectivity index (χ3n) is 5.92. The van der Waals surface area contributed by atoms with Crippen LogP contribution in [-0.4, -0.2) is 46.5 Å². The summed E-state index contributed by atoms with van der Waals surface area (Å²) in [6, 6.07) is 14.5. The lowest BCUT2D eigenvalue weighted by atomic mass is 9.93. The number of amides is 1. The molecule has 1 amide bonds. The van der Waals surface area contributed by atoms with Crippen molar-refractivity contribution in [2.45, 2.75) is 37.8 Å². The number of nitrogens with zero attached hydrogens (tertiary/aromatic N) is 2. The molecule has 8 nitrogen and oxygen atoms in total. The lowest BCUT2D eigenvalue weighted by molar-refractivity contribution is 0.0867. The second-order valence-electron chi connectivity index (χ2n) is 9.06. The van der Waals surface area contributed by atoms with Crippen molar-refractivity contribution in [2.75, 3.05) is 24.0 Å². The molecular formula is C25H29ClN5O3P. The zero-order chi connectivity index (χ0) is 25.0. The van der Waals surface area contributed by atoms with Crippen molar-refractivity contribution in [3.63, 3.8) is 0 Å². The maximum atomic E-state index is 12.7. The van der Waals surface area contributed by atoms with E-state index in [4.69, 9.17) is 11.6 Å². The number of para-hydroxylation sites is 1. The van der Waals surface area contributed by atoms with E-state index in [0.717, 1.165) is 12.8 Å². The van der Waals surface area contributed by atoms with Gasteiger partial charge in [0.2, 0.25) is 5.95 Å². The number of hydrogen-bond acceptors (Lipinski definition) is 7. The molecule has 10 heteroatoms. The number of aliphatic hydroxyl groups excluding tert-OH is 1. The van der Waals surface area contributed by atoms with Gasteiger partial charge >= 0.3 is 0 Å². The maximum absolute atomic E-state index is 12.7. The van der Waals surface area contributed by atoms with E-state index in [1.54, 1.807) is 37.6 Å². The third-order valence-corrected chi connectivity index (χ3v) is 7.74. The average molecular weight is 514 g/mol. The van der Waals surface area contributed by atoms with Crippen LogP contribution in [0.25, 0.3) is 0 Å². The second kappa shape index (κ2) is 10.8. The molecule has 4 rings (SSSR count). The molecule has 0 aliphatic heterocycles. The van der Waals surface area contributed by atoms with Crippen LogP contribution >= 0.6 is 18.7 Å². The summed E-state index contributed by atoms with van der Waals surface area (Å²) in [5.74, 6) is 0.581. The van der Waals surface area contributed by atoms with Gasteiger partial charge in [0.1, 0.15) is 12.2 Å². The highest BCUT2D eigenvalue weighted by atomic mass is 35.5. The fraction of sp³-hybridized carbons (Fsp3) is 0.320. The SMILES string of the molecule is CP(C)(=O)c1ccccc1Nc1nc(Nc2ccc(C(=O)NC3CCC(O)CC3)cc2)ncc1Cl. The number of aromatic nitrogens is 2. The monoisotopic (exact) mass is 513 g/mol. The van der Waals surface area contributed by atoms with Gasteiger partial charge in [0.15, 0.2) is 5.82 Å². The average Bonchev–Trinajstić information content (AvgIpc) is 2.83. The highest BCUT2D eigenvalue weighted by Crippen LogP contribution is 2.38. The Labute approximate surface area is 209 Å². The zero-order valence-corrected chi connectivity index (χ0v) is 21.3. The van der Waals surface area contributed by atoms with Gasteiger partial charge in [-0.15, -0.1) is 0 Å². The number of rotatable bonds is 7. The van der Waals surface area contributed by atoms with Gasteiger partial charge < -0.3 is 25.6 Å². The van der Waals surface area contributed by atoms with Crippen molar-refractivity contribution in [3.8, 4) is 0 Å². The minimum Gasteiger partial charge on any atom is -0.393 e. The van der Waals surface area contributed by atoms with Gasteiger partial charge in [-0.25, -0.2) is 4.98 Å². The first-order chi connectivity index (χ1) is 16.7. The van der Waals surface area contributed by atoms with Gasteiger partial charge in [-0.3, -0.25) is 4.79 Å². The van der Waals surface area contributed by atoms with Crippen LogP contribution in [0.2, 0.25) is 5.02 Å². The van der Waals surface area contributed by atoms with Crippen molar-refractivity contribution < 1.29 is 14.5 Å². The summed E-state index contributed by atoms with van der Waals surface area (Å²) in [5, 5.41) is 20.0. The van der Waals surface area contributed by atoms with Crippen LogP contribution in [0.1, 0.15) is 36.0 Å². The Hall–Kier alpha value is -2.93. The Morgan fingerprint density at radius 2 is 1.71 bits per heavy atom. The van der Waals surface area contributed by atoms with E-state index in [1.807, 2.05) is 24.3 Å². The van der Waals surface area contributed by atoms with Crippen molar-refractivity contribution in [1.29, 1.82) is 0 Å². The Bertz CT molecular complexity index is 1240. The summed E-state index contributed by atoms with van der Waals surface area (Å²) in [4.78, 5) is 21.3. The van der Waals surface area contributed by atoms with E-state index >= 15 is 0 Å². The minimum atomic E-state index is -2.51. The molecular weight excluding hydrogens is 485 g/mol. The predicted molar refractivity (Wildman–Crippen MR) is 141 cm³/mol. The van der Waals surface area contributed by atoms with Crippen LogP contribution in [0, 0.1) is 0 Å². The number of nitrogens with one attached hydrogen (secondary N) is 3. The molecule has 0 spiro atoms. The van der Waals surface area contributed by atoms with Crippen molar-refractivity contribution >= 4 is 53.1 Å². The molecule has 184 valence electrons. The van der Waals surface area contributed by atoms with Gasteiger partial charge in [0.25, 0.3) is 5.91 Å². The third kappa shape index (κ3) is 6.60. The summed E-state index contributed by atoms with van der Waals surface area (Å²) in [6.07, 6.45) is 4.24. The van der Waals surface area contributed by atoms with E-state index < -0.39 is 7.14 Å². The van der Waals surface area contributed by atoms with Crippen LogP contribution in [0.3, 0.4) is 0 Å². The van der Waals surface area contributed by atoms with E-state index in [-0.39, 0.29) is 18.1 Å². The zero-order valence-electron chi connectivity index (χ0n) is 19.7. The molecule has 0 unspecified atom stereocenters. The molecule has 1 aromatic heterocycles. The molecule has 1 saturated carbocycles. The Morgan fingerprint density at radius 1 is 1.03 bits per heavy atom. The molecule has 1 heterocycles. The fourth-order valence-corrected chi connectivity index (χ4v) is 5.31. The summed E-state index contributed by atoms with van der Waals surface area (Å²) < 4.78 is 12.7. The van der Waals surface area contributed by atoms with E-state index in [1.165, 1.54) is 6.20 Å². The van der Waals surface area contributed by atoms with E-state index in [0.29, 0.717) is 51.9 Å². The Kier molecular flexibility index (Phi) is 7.75. The van der Waals surface area contributed by atoms with Gasteiger partial charge in [-0.2, -0.15) is 4.98 Å². The standard InChI is InChI=1S/C25H29ClN5O3P/c1-35(2,34)22-6-4-3-5-21(22)30-23-20(26)15-27-25(31-23)29-18-9-7-16(8-10-18)24(33)28-17-11-13-19(32)14-12-17/h3-10,15,17,19,32H,11-14H2,1-2H3,(H,28,33)(H2,27,29,30,31). The van der Waals surface area contributed by atoms with Crippen LogP contribution in [0.4, 0.5) is 23.1 Å². The van der Waals surface area contributed by atoms with Crippen molar-refractivity contribution in [3.05, 3.63) is 65.3 Å². The molecule has 3 aromatic rings. The van der Waals surface area contributed by atoms with Gasteiger partial charge in [-0.1, -0.05) is 23.7 Å². The molecule has 0 radical (unpaired) electrons. The fourth-order valence-electron chi connectivity index (χ4n) is 4.01. The van der Waals surface area contributed by atoms with Crippen LogP contribution in [0.15, 0.2) is 54.7 Å². The highest BCUT2D eigenvalue weighted by Gasteiger charge is 2.21. The van der Waals surface area contributed by atoms with E-state index in [2.05, 4.69) is 25.9 Å². The minimum absolute atomic E-state index is 0.0940. The number of carbonyl (C=O) groups is 1. The number of benzene rings is 2. The molecule has 0 atom stereocenters.